The van der Waals surface area contributed by atoms with Gasteiger partial charge < -0.3 is 16.0 Å². The molecule has 5 heteroatoms. The van der Waals surface area contributed by atoms with Gasteiger partial charge in [0.15, 0.2) is 0 Å². The number of carbonyl (C=O) groups is 2. The molecule has 0 rings (SSSR count). The van der Waals surface area contributed by atoms with Gasteiger partial charge in [0.05, 0.1) is 0 Å². The van der Waals surface area contributed by atoms with Crippen LogP contribution in [0.3, 0.4) is 0 Å². The minimum absolute atomic E-state index is 0.172. The molecule has 3 N–H and O–H groups in total. The zero-order valence-corrected chi connectivity index (χ0v) is 8.31. The number of carbonyl (C=O) groups excluding carboxylic acids is 2. The normalized spacial score (nSPS) is 11.6. The van der Waals surface area contributed by atoms with Crippen LogP contribution in [-0.2, 0) is 4.79 Å². The van der Waals surface area contributed by atoms with Crippen molar-refractivity contribution >= 4 is 11.9 Å². The molecule has 5 nitrogen and oxygen atoms in total. The van der Waals surface area contributed by atoms with Gasteiger partial charge in [-0.05, 0) is 20.8 Å². The summed E-state index contributed by atoms with van der Waals surface area (Å²) in [7, 11) is 0. The lowest BCUT2D eigenvalue weighted by atomic mass is 10.3. The fourth-order valence-electron chi connectivity index (χ4n) is 0.801. The lowest BCUT2D eigenvalue weighted by Gasteiger charge is -2.13. The zero-order chi connectivity index (χ0) is 10.3. The van der Waals surface area contributed by atoms with Crippen LogP contribution in [0.5, 0.6) is 0 Å². The molecule has 3 amide bonds. The third kappa shape index (κ3) is 5.05. The van der Waals surface area contributed by atoms with Gasteiger partial charge >= 0.3 is 6.03 Å². The van der Waals surface area contributed by atoms with Crippen molar-refractivity contribution in [1.82, 2.24) is 16.0 Å². The number of hydrogen-bond acceptors (Lipinski definition) is 2. The molecule has 0 heterocycles. The summed E-state index contributed by atoms with van der Waals surface area (Å²) in [6.45, 7) is 6.40. The van der Waals surface area contributed by atoms with Gasteiger partial charge in [0, 0.05) is 13.1 Å². The average molecular weight is 187 g/mol. The van der Waals surface area contributed by atoms with Crippen molar-refractivity contribution in [2.24, 2.45) is 0 Å². The highest BCUT2D eigenvalue weighted by molar-refractivity contribution is 5.86. The topological polar surface area (TPSA) is 70.2 Å². The number of nitrogens with one attached hydrogen (secondary N) is 3. The molecule has 0 aliphatic carbocycles. The van der Waals surface area contributed by atoms with Crippen molar-refractivity contribution in [3.05, 3.63) is 0 Å². The van der Waals surface area contributed by atoms with Gasteiger partial charge in [-0.2, -0.15) is 0 Å². The van der Waals surface area contributed by atoms with Crippen LogP contribution in [0.25, 0.3) is 0 Å². The van der Waals surface area contributed by atoms with Crippen LogP contribution in [0.1, 0.15) is 20.8 Å². The molecule has 76 valence electrons. The van der Waals surface area contributed by atoms with Crippen molar-refractivity contribution in [3.8, 4) is 0 Å². The molecule has 0 aromatic rings. The Labute approximate surface area is 78.3 Å². The zero-order valence-electron chi connectivity index (χ0n) is 8.31. The number of urea groups is 1. The molecule has 1 atom stereocenters. The Bertz CT molecular complexity index is 182. The van der Waals surface area contributed by atoms with Gasteiger partial charge in [-0.1, -0.05) is 0 Å². The average Bonchev–Trinajstić information content (AvgIpc) is 2.05. The predicted octanol–water partition coefficient (Wildman–Crippen LogP) is -0.170. The number of likely N-dealkylation sites (N-methyl/N-ethyl adjacent to an activating group) is 1. The summed E-state index contributed by atoms with van der Waals surface area (Å²) >= 11 is 0. The van der Waals surface area contributed by atoms with Crippen molar-refractivity contribution in [1.29, 1.82) is 0 Å². The molecular formula is C8H17N3O2. The van der Waals surface area contributed by atoms with Crippen molar-refractivity contribution in [3.63, 3.8) is 0 Å². The van der Waals surface area contributed by atoms with E-state index in [1.165, 1.54) is 0 Å². The molecule has 0 aromatic carbocycles. The molecule has 0 saturated heterocycles. The Kier molecular flexibility index (Phi) is 5.67. The first-order chi connectivity index (χ1) is 6.11. The summed E-state index contributed by atoms with van der Waals surface area (Å²) < 4.78 is 0. The van der Waals surface area contributed by atoms with E-state index in [2.05, 4.69) is 16.0 Å². The third-order valence-corrected chi connectivity index (χ3v) is 1.43. The van der Waals surface area contributed by atoms with E-state index >= 15 is 0 Å². The van der Waals surface area contributed by atoms with E-state index in [0.29, 0.717) is 13.1 Å². The SMILES string of the molecule is CCNC(=O)NC(C)C(=O)NCC. The molecule has 0 saturated carbocycles. The molecule has 0 fully saturated rings. The monoisotopic (exact) mass is 187 g/mol. The molecule has 13 heavy (non-hydrogen) atoms. The Morgan fingerprint density at radius 1 is 1.15 bits per heavy atom. The molecule has 0 aliphatic heterocycles. The first kappa shape index (κ1) is 11.7. The fraction of sp³-hybridized carbons (Fsp3) is 0.750. The third-order valence-electron chi connectivity index (χ3n) is 1.43. The summed E-state index contributed by atoms with van der Waals surface area (Å²) in [6.07, 6.45) is 0. The molecule has 0 spiro atoms. The van der Waals surface area contributed by atoms with Crippen LogP contribution in [0, 0.1) is 0 Å². The maximum absolute atomic E-state index is 11.1. The van der Waals surface area contributed by atoms with Gasteiger partial charge in [-0.15, -0.1) is 0 Å². The Morgan fingerprint density at radius 2 is 1.69 bits per heavy atom. The van der Waals surface area contributed by atoms with Crippen LogP contribution >= 0.6 is 0 Å². The first-order valence-electron chi connectivity index (χ1n) is 4.43. The molecule has 0 bridgehead atoms. The smallest absolute Gasteiger partial charge is 0.315 e. The van der Waals surface area contributed by atoms with Crippen molar-refractivity contribution in [2.45, 2.75) is 26.8 Å². The minimum atomic E-state index is -0.494. The lowest BCUT2D eigenvalue weighted by molar-refractivity contribution is -0.122. The van der Waals surface area contributed by atoms with E-state index in [1.807, 2.05) is 13.8 Å². The van der Waals surface area contributed by atoms with Crippen LogP contribution in [-0.4, -0.2) is 31.1 Å². The van der Waals surface area contributed by atoms with E-state index in [4.69, 9.17) is 0 Å². The molecule has 0 aliphatic rings. The molecule has 1 unspecified atom stereocenters. The van der Waals surface area contributed by atoms with E-state index in [1.54, 1.807) is 6.92 Å². The minimum Gasteiger partial charge on any atom is -0.355 e. The van der Waals surface area contributed by atoms with Crippen LogP contribution in [0.15, 0.2) is 0 Å². The summed E-state index contributed by atoms with van der Waals surface area (Å²) in [6, 6.07) is -0.812. The highest BCUT2D eigenvalue weighted by Crippen LogP contribution is 1.81. The fourth-order valence-corrected chi connectivity index (χ4v) is 0.801. The van der Waals surface area contributed by atoms with Gasteiger partial charge in [0.2, 0.25) is 5.91 Å². The lowest BCUT2D eigenvalue weighted by Crippen LogP contribution is -2.48. The maximum atomic E-state index is 11.1. The van der Waals surface area contributed by atoms with E-state index in [0.717, 1.165) is 0 Å². The summed E-state index contributed by atoms with van der Waals surface area (Å²) in [4.78, 5) is 22.1. The van der Waals surface area contributed by atoms with Crippen LogP contribution in [0.4, 0.5) is 4.79 Å². The number of amides is 3. The maximum Gasteiger partial charge on any atom is 0.315 e. The van der Waals surface area contributed by atoms with Gasteiger partial charge in [-0.3, -0.25) is 4.79 Å². The van der Waals surface area contributed by atoms with Crippen molar-refractivity contribution in [2.75, 3.05) is 13.1 Å². The summed E-state index contributed by atoms with van der Waals surface area (Å²) in [5.74, 6) is -0.172. The highest BCUT2D eigenvalue weighted by atomic mass is 16.2. The highest BCUT2D eigenvalue weighted by Gasteiger charge is 2.13. The number of hydrogen-bond donors (Lipinski definition) is 3. The number of rotatable bonds is 4. The largest absolute Gasteiger partial charge is 0.355 e. The van der Waals surface area contributed by atoms with Crippen LogP contribution < -0.4 is 16.0 Å². The molecule has 0 radical (unpaired) electrons. The van der Waals surface area contributed by atoms with E-state index in [-0.39, 0.29) is 11.9 Å². The summed E-state index contributed by atoms with van der Waals surface area (Å²) in [5, 5.41) is 7.66. The predicted molar refractivity (Wildman–Crippen MR) is 50.4 cm³/mol. The van der Waals surface area contributed by atoms with Gasteiger partial charge in [0.25, 0.3) is 0 Å². The van der Waals surface area contributed by atoms with Crippen molar-refractivity contribution < 1.29 is 9.59 Å². The molecule has 0 aromatic heterocycles. The first-order valence-corrected chi connectivity index (χ1v) is 4.43. The second kappa shape index (κ2) is 6.28. The Balaban J connectivity index is 3.78. The Hall–Kier alpha value is -1.26. The second-order valence-corrected chi connectivity index (χ2v) is 2.62. The van der Waals surface area contributed by atoms with Crippen LogP contribution in [0.2, 0.25) is 0 Å². The van der Waals surface area contributed by atoms with E-state index in [9.17, 15) is 9.59 Å². The van der Waals surface area contributed by atoms with E-state index < -0.39 is 6.04 Å². The summed E-state index contributed by atoms with van der Waals surface area (Å²) in [5.41, 5.74) is 0. The standard InChI is InChI=1S/C8H17N3O2/c1-4-9-7(12)6(3)11-8(13)10-5-2/h6H,4-5H2,1-3H3,(H,9,12)(H2,10,11,13). The Morgan fingerprint density at radius 3 is 2.15 bits per heavy atom. The quantitative estimate of drug-likeness (QED) is 0.572. The van der Waals surface area contributed by atoms with Gasteiger partial charge in [-0.25, -0.2) is 4.79 Å². The second-order valence-electron chi connectivity index (χ2n) is 2.62. The van der Waals surface area contributed by atoms with Gasteiger partial charge in [0.1, 0.15) is 6.04 Å². The molecular weight excluding hydrogens is 170 g/mol.